The highest BCUT2D eigenvalue weighted by Crippen LogP contribution is 2.62. The van der Waals surface area contributed by atoms with Gasteiger partial charge in [0.15, 0.2) is 0 Å². The maximum Gasteiger partial charge on any atom is 0.0734 e. The predicted octanol–water partition coefficient (Wildman–Crippen LogP) is 33.5. The van der Waals surface area contributed by atoms with Gasteiger partial charge in [-0.05, 0) is 231 Å². The van der Waals surface area contributed by atoms with Gasteiger partial charge in [-0.3, -0.25) is 0 Å². The summed E-state index contributed by atoms with van der Waals surface area (Å²) >= 11 is 0. The van der Waals surface area contributed by atoms with Crippen molar-refractivity contribution < 1.29 is 0 Å². The van der Waals surface area contributed by atoms with Gasteiger partial charge in [0.1, 0.15) is 0 Å². The maximum atomic E-state index is 2.56. The first-order valence-electron chi connectivity index (χ1n) is 46.5. The molecule has 0 spiro atoms. The van der Waals surface area contributed by atoms with Crippen molar-refractivity contribution in [2.45, 2.75) is 10.8 Å². The highest BCUT2D eigenvalue weighted by Gasteiger charge is 2.50. The van der Waals surface area contributed by atoms with Crippen molar-refractivity contribution in [2.75, 3.05) is 0 Å². The van der Waals surface area contributed by atoms with E-state index in [0.717, 1.165) is 22.7 Å². The summed E-state index contributed by atoms with van der Waals surface area (Å²) in [5, 5.41) is 14.8. The molecule has 624 valence electrons. The van der Waals surface area contributed by atoms with Crippen molar-refractivity contribution in [1.29, 1.82) is 0 Å². The van der Waals surface area contributed by atoms with Gasteiger partial charge in [0.25, 0.3) is 0 Å². The van der Waals surface area contributed by atoms with E-state index in [4.69, 9.17) is 0 Å². The molecule has 0 amide bonds. The van der Waals surface area contributed by atoms with Crippen LogP contribution in [0.4, 0.5) is 0 Å². The minimum Gasteiger partial charge on any atom is -0.309 e. The van der Waals surface area contributed by atoms with Gasteiger partial charge in [0, 0.05) is 77.0 Å². The van der Waals surface area contributed by atoms with Crippen LogP contribution in [0.5, 0.6) is 0 Å². The van der Waals surface area contributed by atoms with Crippen molar-refractivity contribution in [1.82, 2.24) is 18.3 Å². The lowest BCUT2D eigenvalue weighted by Gasteiger charge is -2.34. The maximum absolute atomic E-state index is 2.56. The minimum atomic E-state index is -0.570. The van der Waals surface area contributed by atoms with E-state index >= 15 is 0 Å². The Bertz CT molecular complexity index is 9160. The fourth-order valence-electron chi connectivity index (χ4n) is 23.4. The summed E-state index contributed by atoms with van der Waals surface area (Å²) in [4.78, 5) is 0. The van der Waals surface area contributed by atoms with Crippen LogP contribution >= 0.6 is 0 Å². The molecule has 0 fully saturated rings. The van der Waals surface area contributed by atoms with Crippen molar-refractivity contribution in [2.24, 2.45) is 0 Å². The van der Waals surface area contributed by atoms with Gasteiger partial charge in [0.2, 0.25) is 0 Å². The van der Waals surface area contributed by atoms with E-state index in [1.54, 1.807) is 0 Å². The standard InChI is InChI=1S/2C65H42N2/c1-4-17-43(18-5-1)46-21-16-26-51(39-46)66-60-30-15-13-27-53(60)56-41-47(32-37-61(56)66)48-33-38-62-57(42-48)54-35-36-59-63(64(54)67(62)52-34-31-44-19-10-11-20-45(44)40-52)55-28-12-14-29-58(55)65(59,49-22-6-2-7-23-49)50-24-8-3-9-25-50;1-4-17-43(18-5-1)46-21-16-26-51(39-46)66-60-30-15-13-28-54(60)57-41-47(32-37-61(57)66)48-33-38-62-58(42-48)56-36-35-55-53-27-12-14-29-59(53)65(49-22-6-2-7-23-49,50-24-8-3-9-25-50)63(55)64(56)67(62)52-34-31-44-19-10-11-20-45(44)40-52/h2*1-42H. The van der Waals surface area contributed by atoms with Gasteiger partial charge in [-0.1, -0.05) is 400 Å². The van der Waals surface area contributed by atoms with E-state index in [2.05, 4.69) is 528 Å². The summed E-state index contributed by atoms with van der Waals surface area (Å²) in [6.45, 7) is 0. The van der Waals surface area contributed by atoms with Crippen LogP contribution in [-0.2, 0) is 10.8 Å². The zero-order valence-electron chi connectivity index (χ0n) is 73.3. The van der Waals surface area contributed by atoms with Crippen LogP contribution in [0.2, 0.25) is 0 Å². The first-order valence-corrected chi connectivity index (χ1v) is 46.5. The van der Waals surface area contributed by atoms with Crippen molar-refractivity contribution in [3.63, 3.8) is 0 Å². The third-order valence-corrected chi connectivity index (χ3v) is 29.1. The summed E-state index contributed by atoms with van der Waals surface area (Å²) in [7, 11) is 0. The second-order valence-corrected chi connectivity index (χ2v) is 36.0. The Morgan fingerprint density at radius 2 is 0.478 bits per heavy atom. The van der Waals surface area contributed by atoms with Gasteiger partial charge in [-0.15, -0.1) is 0 Å². The van der Waals surface area contributed by atoms with Crippen LogP contribution in [-0.4, -0.2) is 18.3 Å². The summed E-state index contributed by atoms with van der Waals surface area (Å²) < 4.78 is 9.95. The number of aromatic nitrogens is 4. The summed E-state index contributed by atoms with van der Waals surface area (Å²) in [5.41, 5.74) is 38.2. The van der Waals surface area contributed by atoms with Crippen LogP contribution in [0.1, 0.15) is 44.5 Å². The smallest absolute Gasteiger partial charge is 0.0734 e. The number of para-hydroxylation sites is 2. The third-order valence-electron chi connectivity index (χ3n) is 29.1. The number of nitrogens with zero attached hydrogens (tertiary/aromatic N) is 4. The third kappa shape index (κ3) is 11.6. The number of fused-ring (bicyclic) bond motifs is 22. The summed E-state index contributed by atoms with van der Waals surface area (Å²) in [6.07, 6.45) is 0. The lowest BCUT2D eigenvalue weighted by atomic mass is 9.67. The Morgan fingerprint density at radius 1 is 0.149 bits per heavy atom. The largest absolute Gasteiger partial charge is 0.309 e. The normalized spacial score (nSPS) is 12.9. The van der Waals surface area contributed by atoms with Crippen LogP contribution in [0.25, 0.3) is 198 Å². The molecule has 0 aliphatic heterocycles. The van der Waals surface area contributed by atoms with Crippen LogP contribution in [0.3, 0.4) is 0 Å². The summed E-state index contributed by atoms with van der Waals surface area (Å²) in [5.74, 6) is 0. The Hall–Kier alpha value is -17.4. The van der Waals surface area contributed by atoms with Gasteiger partial charge in [-0.25, -0.2) is 0 Å². The Kier molecular flexibility index (Phi) is 17.5. The molecule has 0 atom stereocenters. The molecular weight excluding hydrogens is 1620 g/mol. The highest BCUT2D eigenvalue weighted by atomic mass is 15.0. The fourth-order valence-corrected chi connectivity index (χ4v) is 23.4. The molecule has 0 radical (unpaired) electrons. The molecule has 0 saturated carbocycles. The van der Waals surface area contributed by atoms with Gasteiger partial charge in [-0.2, -0.15) is 0 Å². The van der Waals surface area contributed by atoms with Crippen molar-refractivity contribution in [3.05, 3.63) is 554 Å². The van der Waals surface area contributed by atoms with E-state index < -0.39 is 10.8 Å². The predicted molar refractivity (Wildman–Crippen MR) is 562 cm³/mol. The van der Waals surface area contributed by atoms with E-state index in [0.29, 0.717) is 0 Å². The van der Waals surface area contributed by atoms with Crippen LogP contribution in [0.15, 0.2) is 510 Å². The molecule has 0 bridgehead atoms. The number of rotatable bonds is 12. The molecule has 2 aliphatic carbocycles. The highest BCUT2D eigenvalue weighted by molar-refractivity contribution is 6.20. The molecule has 22 aromatic carbocycles. The molecule has 0 unspecified atom stereocenters. The van der Waals surface area contributed by atoms with Gasteiger partial charge >= 0.3 is 0 Å². The number of benzene rings is 22. The second kappa shape index (κ2) is 30.6. The van der Waals surface area contributed by atoms with Gasteiger partial charge in [0.05, 0.1) is 55.0 Å². The Labute approximate surface area is 776 Å². The molecule has 26 aromatic rings. The number of hydrogen-bond acceptors (Lipinski definition) is 0. The Balaban J connectivity index is 0.000000136. The monoisotopic (exact) mass is 1700 g/mol. The zero-order valence-corrected chi connectivity index (χ0v) is 73.3. The lowest BCUT2D eigenvalue weighted by molar-refractivity contribution is 0.769. The molecule has 0 saturated heterocycles. The second-order valence-electron chi connectivity index (χ2n) is 36.0. The van der Waals surface area contributed by atoms with Crippen LogP contribution in [0, 0.1) is 0 Å². The Morgan fingerprint density at radius 3 is 0.948 bits per heavy atom. The summed E-state index contributed by atoms with van der Waals surface area (Å²) in [6, 6.07) is 189. The van der Waals surface area contributed by atoms with E-state index in [1.165, 1.54) is 220 Å². The van der Waals surface area contributed by atoms with Crippen molar-refractivity contribution in [3.8, 4) is 89.5 Å². The molecule has 28 rings (SSSR count). The first kappa shape index (κ1) is 76.6. The van der Waals surface area contributed by atoms with E-state index in [9.17, 15) is 0 Å². The van der Waals surface area contributed by atoms with E-state index in [-0.39, 0.29) is 0 Å². The lowest BCUT2D eigenvalue weighted by Crippen LogP contribution is -2.29. The molecule has 134 heavy (non-hydrogen) atoms. The molecule has 4 heteroatoms. The van der Waals surface area contributed by atoms with Crippen molar-refractivity contribution >= 4 is 109 Å². The number of hydrogen-bond donors (Lipinski definition) is 0. The SMILES string of the molecule is c1ccc(-c2cccc(-n3c4ccccc4c4cc(-c5ccc6c(c5)c5ccc7c(c5n6-c5ccc6ccccc6c5)-c5ccccc5C7(c5ccccc5)c5ccccc5)ccc43)c2)cc1.c1ccc(-c2cccc(-n3c4ccccc4c4cc(-c5ccc6c(c5)c5ccc7c(c5n6-c5ccc6ccccc6c5)C(c5ccccc5)(c5ccccc5)c5ccccc5-7)ccc43)c2)cc1. The average molecular weight is 1700 g/mol. The van der Waals surface area contributed by atoms with E-state index in [1.807, 2.05) is 0 Å². The van der Waals surface area contributed by atoms with Gasteiger partial charge < -0.3 is 18.3 Å². The molecule has 4 nitrogen and oxygen atoms in total. The first-order chi connectivity index (χ1) is 66.5. The average Bonchev–Trinajstić information content (AvgIpc) is 1.52. The fraction of sp³-hybridized carbons (Fsp3) is 0.0154. The van der Waals surface area contributed by atoms with Crippen LogP contribution < -0.4 is 0 Å². The topological polar surface area (TPSA) is 19.7 Å². The molecular formula is C130H84N4. The molecule has 4 heterocycles. The molecule has 2 aliphatic rings. The zero-order chi connectivity index (χ0) is 88.1. The quantitative estimate of drug-likeness (QED) is 0.116. The minimum absolute atomic E-state index is 0.504. The molecule has 0 N–H and O–H groups in total. The molecule has 4 aromatic heterocycles.